The van der Waals surface area contributed by atoms with Crippen molar-refractivity contribution in [2.75, 3.05) is 0 Å². The van der Waals surface area contributed by atoms with Gasteiger partial charge in [0.25, 0.3) is 0 Å². The van der Waals surface area contributed by atoms with Gasteiger partial charge in [-0.25, -0.2) is 19.9 Å². The minimum absolute atomic E-state index is 0.639. The standard InChI is InChI=1S/C37H24N5S/c1-4-10-25(11-5-1)34-39-35(26-12-6-2-7-13-26)41-36(40-34)27-20-22-42(23-21-27)30-17-18-31-29(24-30)16-19-32-33(31)43-37(38-32)28-14-8-3-9-15-28/h1-24H/q+1. The van der Waals surface area contributed by atoms with Crippen LogP contribution in [0.1, 0.15) is 0 Å². The fourth-order valence-electron chi connectivity index (χ4n) is 5.25. The van der Waals surface area contributed by atoms with Crippen molar-refractivity contribution >= 4 is 32.3 Å². The highest BCUT2D eigenvalue weighted by atomic mass is 32.1. The number of pyridine rings is 1. The van der Waals surface area contributed by atoms with Gasteiger partial charge in [0.1, 0.15) is 5.01 Å². The maximum absolute atomic E-state index is 4.90. The van der Waals surface area contributed by atoms with Crippen molar-refractivity contribution < 1.29 is 4.57 Å². The van der Waals surface area contributed by atoms with Gasteiger partial charge in [0.2, 0.25) is 5.69 Å². The number of benzene rings is 5. The molecule has 0 aliphatic carbocycles. The SMILES string of the molecule is c1ccc(-c2nc(-c3ccccc3)nc(-c3cc[n+](-c4ccc5c(ccc6nc(-c7ccccc7)sc65)c4)cc3)n2)cc1. The Balaban J connectivity index is 1.15. The van der Waals surface area contributed by atoms with Crippen molar-refractivity contribution in [1.82, 2.24) is 19.9 Å². The van der Waals surface area contributed by atoms with Crippen LogP contribution in [-0.4, -0.2) is 19.9 Å². The topological polar surface area (TPSA) is 55.4 Å². The lowest BCUT2D eigenvalue weighted by Gasteiger charge is -2.08. The molecule has 202 valence electrons. The van der Waals surface area contributed by atoms with Crippen molar-refractivity contribution in [3.63, 3.8) is 0 Å². The third-order valence-corrected chi connectivity index (χ3v) is 8.61. The second kappa shape index (κ2) is 10.7. The molecule has 0 aliphatic heterocycles. The predicted molar refractivity (Wildman–Crippen MR) is 174 cm³/mol. The van der Waals surface area contributed by atoms with Crippen molar-refractivity contribution in [1.29, 1.82) is 0 Å². The summed E-state index contributed by atoms with van der Waals surface area (Å²) in [4.78, 5) is 19.4. The van der Waals surface area contributed by atoms with E-state index in [1.807, 2.05) is 66.7 Å². The molecule has 6 heteroatoms. The zero-order chi connectivity index (χ0) is 28.6. The molecule has 0 bridgehead atoms. The van der Waals surface area contributed by atoms with E-state index in [4.69, 9.17) is 19.9 Å². The molecule has 0 N–H and O–H groups in total. The molecule has 43 heavy (non-hydrogen) atoms. The summed E-state index contributed by atoms with van der Waals surface area (Å²) >= 11 is 1.74. The Labute approximate surface area is 252 Å². The van der Waals surface area contributed by atoms with Gasteiger partial charge >= 0.3 is 0 Å². The first-order valence-corrected chi connectivity index (χ1v) is 14.9. The van der Waals surface area contributed by atoms with Crippen LogP contribution in [0, 0.1) is 0 Å². The van der Waals surface area contributed by atoms with Gasteiger partial charge in [-0.3, -0.25) is 0 Å². The first kappa shape index (κ1) is 25.1. The maximum Gasteiger partial charge on any atom is 0.211 e. The maximum atomic E-state index is 4.90. The molecule has 8 rings (SSSR count). The van der Waals surface area contributed by atoms with E-state index in [2.05, 4.69) is 83.7 Å². The zero-order valence-electron chi connectivity index (χ0n) is 23.0. The summed E-state index contributed by atoms with van der Waals surface area (Å²) < 4.78 is 3.33. The van der Waals surface area contributed by atoms with Crippen molar-refractivity contribution in [3.05, 3.63) is 146 Å². The van der Waals surface area contributed by atoms with Crippen LogP contribution >= 0.6 is 11.3 Å². The van der Waals surface area contributed by atoms with Gasteiger partial charge in [-0.05, 0) is 17.5 Å². The van der Waals surface area contributed by atoms with Gasteiger partial charge in [-0.15, -0.1) is 11.3 Å². The van der Waals surface area contributed by atoms with Crippen molar-refractivity contribution in [3.8, 4) is 50.4 Å². The second-order valence-electron chi connectivity index (χ2n) is 10.2. The van der Waals surface area contributed by atoms with Gasteiger partial charge in [-0.1, -0.05) is 97.1 Å². The van der Waals surface area contributed by atoms with Gasteiger partial charge in [0.15, 0.2) is 29.9 Å². The van der Waals surface area contributed by atoms with E-state index >= 15 is 0 Å². The van der Waals surface area contributed by atoms with Crippen LogP contribution in [-0.2, 0) is 0 Å². The third kappa shape index (κ3) is 4.84. The molecule has 3 aromatic heterocycles. The predicted octanol–water partition coefficient (Wildman–Crippen LogP) is 8.58. The van der Waals surface area contributed by atoms with Crippen LogP contribution in [0.25, 0.3) is 71.4 Å². The molecular weight excluding hydrogens is 547 g/mol. The first-order valence-electron chi connectivity index (χ1n) is 14.1. The fourth-order valence-corrected chi connectivity index (χ4v) is 6.36. The summed E-state index contributed by atoms with van der Waals surface area (Å²) in [5.74, 6) is 1.95. The minimum Gasteiger partial charge on any atom is -0.236 e. The number of hydrogen-bond donors (Lipinski definition) is 0. The number of hydrogen-bond acceptors (Lipinski definition) is 5. The molecule has 0 aliphatic rings. The Hall–Kier alpha value is -5.59. The smallest absolute Gasteiger partial charge is 0.211 e. The van der Waals surface area contributed by atoms with E-state index in [9.17, 15) is 0 Å². The summed E-state index contributed by atoms with van der Waals surface area (Å²) in [5.41, 5.74) is 6.09. The quantitative estimate of drug-likeness (QED) is 0.195. The lowest BCUT2D eigenvalue weighted by Crippen LogP contribution is -2.29. The van der Waals surface area contributed by atoms with Crippen LogP contribution in [0.15, 0.2) is 146 Å². The summed E-state index contributed by atoms with van der Waals surface area (Å²) in [5, 5.41) is 3.44. The molecule has 0 saturated carbocycles. The van der Waals surface area contributed by atoms with Gasteiger partial charge in [0.05, 0.1) is 10.2 Å². The average Bonchev–Trinajstić information content (AvgIpc) is 3.54. The van der Waals surface area contributed by atoms with E-state index in [-0.39, 0.29) is 0 Å². The highest BCUT2D eigenvalue weighted by Gasteiger charge is 2.15. The number of fused-ring (bicyclic) bond motifs is 3. The fraction of sp³-hybridized carbons (Fsp3) is 0. The first-order chi connectivity index (χ1) is 21.3. The van der Waals surface area contributed by atoms with E-state index in [1.165, 1.54) is 15.5 Å². The molecule has 0 atom stereocenters. The van der Waals surface area contributed by atoms with E-state index in [0.717, 1.165) is 38.5 Å². The number of rotatable bonds is 5. The molecule has 0 unspecified atom stereocenters. The van der Waals surface area contributed by atoms with E-state index in [0.29, 0.717) is 17.5 Å². The van der Waals surface area contributed by atoms with Gasteiger partial charge < -0.3 is 0 Å². The van der Waals surface area contributed by atoms with Gasteiger partial charge in [-0.2, -0.15) is 4.57 Å². The summed E-state index contributed by atoms with van der Waals surface area (Å²) in [6.07, 6.45) is 4.12. The lowest BCUT2D eigenvalue weighted by molar-refractivity contribution is -0.595. The summed E-state index contributed by atoms with van der Waals surface area (Å²) in [6.45, 7) is 0. The molecule has 8 aromatic rings. The van der Waals surface area contributed by atoms with Crippen LogP contribution in [0.2, 0.25) is 0 Å². The Kier molecular flexibility index (Phi) is 6.24. The number of thiazole rings is 1. The van der Waals surface area contributed by atoms with Crippen LogP contribution in [0.5, 0.6) is 0 Å². The summed E-state index contributed by atoms with van der Waals surface area (Å²) in [6, 6.07) is 45.4. The van der Waals surface area contributed by atoms with Crippen LogP contribution in [0.4, 0.5) is 0 Å². The third-order valence-electron chi connectivity index (χ3n) is 7.46. The Morgan fingerprint density at radius 3 is 1.58 bits per heavy atom. The molecule has 5 aromatic carbocycles. The zero-order valence-corrected chi connectivity index (χ0v) is 23.8. The number of aromatic nitrogens is 5. The normalized spacial score (nSPS) is 11.3. The largest absolute Gasteiger partial charge is 0.236 e. The average molecular weight is 571 g/mol. The second-order valence-corrected chi connectivity index (χ2v) is 11.2. The molecule has 0 amide bonds. The van der Waals surface area contributed by atoms with Crippen LogP contribution in [0.3, 0.4) is 0 Å². The molecule has 0 fully saturated rings. The molecule has 0 saturated heterocycles. The monoisotopic (exact) mass is 570 g/mol. The Bertz CT molecular complexity index is 2150. The van der Waals surface area contributed by atoms with Crippen molar-refractivity contribution in [2.45, 2.75) is 0 Å². The Morgan fingerprint density at radius 1 is 0.465 bits per heavy atom. The summed E-state index contributed by atoms with van der Waals surface area (Å²) in [7, 11) is 0. The molecule has 5 nitrogen and oxygen atoms in total. The molecular formula is C37H24N5S+. The molecule has 3 heterocycles. The molecule has 0 spiro atoms. The molecule has 0 radical (unpaired) electrons. The van der Waals surface area contributed by atoms with E-state index in [1.54, 1.807) is 11.3 Å². The Morgan fingerprint density at radius 2 is 1.00 bits per heavy atom. The minimum atomic E-state index is 0.639. The lowest BCUT2D eigenvalue weighted by atomic mass is 10.1. The van der Waals surface area contributed by atoms with Crippen LogP contribution < -0.4 is 4.57 Å². The highest BCUT2D eigenvalue weighted by molar-refractivity contribution is 7.22. The number of nitrogens with zero attached hydrogens (tertiary/aromatic N) is 5. The highest BCUT2D eigenvalue weighted by Crippen LogP contribution is 2.35. The van der Waals surface area contributed by atoms with Gasteiger partial charge in [0, 0.05) is 51.9 Å². The van der Waals surface area contributed by atoms with E-state index < -0.39 is 0 Å². The van der Waals surface area contributed by atoms with Crippen molar-refractivity contribution in [2.24, 2.45) is 0 Å².